The van der Waals surface area contributed by atoms with Crippen LogP contribution in [0.1, 0.15) is 126 Å². The van der Waals surface area contributed by atoms with Crippen molar-refractivity contribution in [3.05, 3.63) is 41.4 Å². The molecule has 0 saturated heterocycles. The van der Waals surface area contributed by atoms with E-state index in [4.69, 9.17) is 4.74 Å². The fourth-order valence-electron chi connectivity index (χ4n) is 4.69. The molecule has 0 saturated carbocycles. The fraction of sp³-hybridized carbons (Fsp3) is 0.774. The minimum Gasteiger partial charge on any atom is -0.373 e. The lowest BCUT2D eigenvalue weighted by molar-refractivity contribution is 0.0461. The van der Waals surface area contributed by atoms with Crippen LogP contribution in [0.4, 0.5) is 0 Å². The topological polar surface area (TPSA) is 9.23 Å². The summed E-state index contributed by atoms with van der Waals surface area (Å²) in [4.78, 5) is 0. The third-order valence-electron chi connectivity index (χ3n) is 7.43. The van der Waals surface area contributed by atoms with E-state index in [9.17, 15) is 0 Å². The highest BCUT2D eigenvalue weighted by Gasteiger charge is 2.26. The maximum Gasteiger partial charge on any atom is 0.0850 e. The van der Waals surface area contributed by atoms with Gasteiger partial charge in [0.05, 0.1) is 6.10 Å². The summed E-state index contributed by atoms with van der Waals surface area (Å²) in [6.07, 6.45) is 25.2. The van der Waals surface area contributed by atoms with E-state index in [-0.39, 0.29) is 0 Å². The number of ether oxygens (including phenoxy) is 1. The quantitative estimate of drug-likeness (QED) is 0.116. The van der Waals surface area contributed by atoms with Crippen LogP contribution in [-0.4, -0.2) is 12.7 Å². The molecule has 186 valence electrons. The van der Waals surface area contributed by atoms with Crippen molar-refractivity contribution < 1.29 is 4.74 Å². The van der Waals surface area contributed by atoms with Crippen molar-refractivity contribution in [1.82, 2.24) is 0 Å². The van der Waals surface area contributed by atoms with Gasteiger partial charge in [0.1, 0.15) is 0 Å². The van der Waals surface area contributed by atoms with Crippen molar-refractivity contribution >= 4 is 0 Å². The Hall–Kier alpha value is -0.820. The highest BCUT2D eigenvalue weighted by molar-refractivity contribution is 5.29. The van der Waals surface area contributed by atoms with Crippen molar-refractivity contribution in [3.8, 4) is 0 Å². The molecule has 32 heavy (non-hydrogen) atoms. The van der Waals surface area contributed by atoms with Crippen molar-refractivity contribution in [2.75, 3.05) is 6.61 Å². The Kier molecular flexibility index (Phi) is 16.1. The average Bonchev–Trinajstić information content (AvgIpc) is 2.76. The molecule has 0 N–H and O–H groups in total. The lowest BCUT2D eigenvalue weighted by atomic mass is 9.83. The second-order valence-corrected chi connectivity index (χ2v) is 10.7. The van der Waals surface area contributed by atoms with Gasteiger partial charge in [0.25, 0.3) is 0 Å². The smallest absolute Gasteiger partial charge is 0.0850 e. The zero-order valence-corrected chi connectivity index (χ0v) is 22.7. The zero-order chi connectivity index (χ0) is 23.8. The zero-order valence-electron chi connectivity index (χ0n) is 22.7. The standard InChI is InChI=1S/C31H55O/c1-8-10-12-15-25(3)16-13-17-26(4)18-14-19-27(5)20-22-30-23-21-28(6)29(7)31(30)32-24-11-9-2/h8,17,21,23,25,27,29,31H,9-16,18-20,22,24H2,1-7H3/q-1/b26-17+. The molecule has 0 aliphatic heterocycles. The van der Waals surface area contributed by atoms with E-state index in [0.29, 0.717) is 12.0 Å². The third kappa shape index (κ3) is 12.4. The molecule has 0 spiro atoms. The van der Waals surface area contributed by atoms with Crippen LogP contribution in [0.15, 0.2) is 34.9 Å². The highest BCUT2D eigenvalue weighted by Crippen LogP contribution is 2.32. The van der Waals surface area contributed by atoms with Gasteiger partial charge in [-0.05, 0) is 76.2 Å². The van der Waals surface area contributed by atoms with E-state index in [2.05, 4.69) is 73.1 Å². The van der Waals surface area contributed by atoms with Gasteiger partial charge in [-0.1, -0.05) is 82.8 Å². The van der Waals surface area contributed by atoms with Crippen LogP contribution in [0, 0.1) is 24.2 Å². The fourth-order valence-corrected chi connectivity index (χ4v) is 4.69. The Labute approximate surface area is 202 Å². The Morgan fingerprint density at radius 3 is 2.50 bits per heavy atom. The van der Waals surface area contributed by atoms with Crippen LogP contribution in [-0.2, 0) is 4.74 Å². The maximum atomic E-state index is 6.33. The summed E-state index contributed by atoms with van der Waals surface area (Å²) in [5.74, 6) is 2.17. The number of unbranched alkanes of at least 4 members (excludes halogenated alkanes) is 3. The highest BCUT2D eigenvalue weighted by atomic mass is 16.5. The molecule has 4 atom stereocenters. The molecule has 1 aliphatic carbocycles. The van der Waals surface area contributed by atoms with Gasteiger partial charge in [0.15, 0.2) is 0 Å². The van der Waals surface area contributed by atoms with E-state index < -0.39 is 0 Å². The Balaban J connectivity index is 2.29. The van der Waals surface area contributed by atoms with Gasteiger partial charge < -0.3 is 11.2 Å². The van der Waals surface area contributed by atoms with Gasteiger partial charge in [-0.3, -0.25) is 0 Å². The molecule has 1 rings (SSSR count). The minimum atomic E-state index is 0.298. The Morgan fingerprint density at radius 1 is 1.06 bits per heavy atom. The molecule has 1 aliphatic rings. The monoisotopic (exact) mass is 443 g/mol. The largest absolute Gasteiger partial charge is 0.373 e. The van der Waals surface area contributed by atoms with Crippen molar-refractivity contribution in [2.45, 2.75) is 132 Å². The van der Waals surface area contributed by atoms with Crippen LogP contribution in [0.5, 0.6) is 0 Å². The summed E-state index contributed by atoms with van der Waals surface area (Å²) in [7, 11) is 0. The first-order valence-corrected chi connectivity index (χ1v) is 13.8. The first-order chi connectivity index (χ1) is 15.4. The van der Waals surface area contributed by atoms with Crippen molar-refractivity contribution in [1.29, 1.82) is 0 Å². The first kappa shape index (κ1) is 29.2. The van der Waals surface area contributed by atoms with Gasteiger partial charge in [0, 0.05) is 12.5 Å². The summed E-state index contributed by atoms with van der Waals surface area (Å²) in [5, 5.41) is 0. The normalized spacial score (nSPS) is 21.3. The molecular weight excluding hydrogens is 388 g/mol. The molecule has 0 radical (unpaired) electrons. The Morgan fingerprint density at radius 2 is 1.78 bits per heavy atom. The molecule has 4 unspecified atom stereocenters. The number of hydrogen-bond acceptors (Lipinski definition) is 1. The first-order valence-electron chi connectivity index (χ1n) is 13.8. The number of rotatable bonds is 18. The molecule has 0 aromatic heterocycles. The van der Waals surface area contributed by atoms with Gasteiger partial charge in [-0.15, -0.1) is 0 Å². The van der Waals surface area contributed by atoms with E-state index in [1.165, 1.54) is 88.2 Å². The summed E-state index contributed by atoms with van der Waals surface area (Å²) in [6.45, 7) is 17.1. The van der Waals surface area contributed by atoms with Gasteiger partial charge >= 0.3 is 0 Å². The van der Waals surface area contributed by atoms with Gasteiger partial charge in [-0.2, -0.15) is 13.3 Å². The summed E-state index contributed by atoms with van der Waals surface area (Å²) in [6, 6.07) is 0. The molecule has 0 fully saturated rings. The lowest BCUT2D eigenvalue weighted by Crippen LogP contribution is -2.28. The van der Waals surface area contributed by atoms with Crippen LogP contribution in [0.25, 0.3) is 0 Å². The van der Waals surface area contributed by atoms with Gasteiger partial charge in [-0.25, -0.2) is 0 Å². The third-order valence-corrected chi connectivity index (χ3v) is 7.43. The molecule has 0 heterocycles. The van der Waals surface area contributed by atoms with Crippen LogP contribution < -0.4 is 0 Å². The Bertz CT molecular complexity index is 567. The van der Waals surface area contributed by atoms with Crippen LogP contribution in [0.3, 0.4) is 0 Å². The molecule has 0 aromatic carbocycles. The molecular formula is C31H55O-. The molecule has 0 aromatic rings. The van der Waals surface area contributed by atoms with E-state index in [0.717, 1.165) is 18.4 Å². The summed E-state index contributed by atoms with van der Waals surface area (Å²) < 4.78 is 6.33. The summed E-state index contributed by atoms with van der Waals surface area (Å²) >= 11 is 0. The number of allylic oxidation sites excluding steroid dienone is 4. The average molecular weight is 444 g/mol. The minimum absolute atomic E-state index is 0.298. The van der Waals surface area contributed by atoms with E-state index in [1.54, 1.807) is 5.57 Å². The summed E-state index contributed by atoms with van der Waals surface area (Å²) in [5.41, 5.74) is 4.58. The van der Waals surface area contributed by atoms with Crippen molar-refractivity contribution in [3.63, 3.8) is 0 Å². The molecule has 0 amide bonds. The molecule has 1 nitrogen and oxygen atoms in total. The second kappa shape index (κ2) is 17.6. The lowest BCUT2D eigenvalue weighted by Gasteiger charge is -2.31. The van der Waals surface area contributed by atoms with Crippen LogP contribution >= 0.6 is 0 Å². The number of hydrogen-bond donors (Lipinski definition) is 0. The second-order valence-electron chi connectivity index (χ2n) is 10.7. The van der Waals surface area contributed by atoms with E-state index >= 15 is 0 Å². The van der Waals surface area contributed by atoms with E-state index in [1.807, 2.05) is 0 Å². The predicted molar refractivity (Wildman–Crippen MR) is 144 cm³/mol. The van der Waals surface area contributed by atoms with Crippen molar-refractivity contribution in [2.24, 2.45) is 17.8 Å². The predicted octanol–water partition coefficient (Wildman–Crippen LogP) is 10.0. The SMILES string of the molecule is C[CH-]CCCC(C)CC/C=C(\C)CCCC(C)CCC1=CC=C(C)C(C)C1OCCCC. The molecule has 0 bridgehead atoms. The van der Waals surface area contributed by atoms with Gasteiger partial charge in [0.2, 0.25) is 0 Å². The molecule has 1 heteroatoms. The maximum absolute atomic E-state index is 6.33. The van der Waals surface area contributed by atoms with Crippen LogP contribution in [0.2, 0.25) is 0 Å².